The van der Waals surface area contributed by atoms with Crippen molar-refractivity contribution in [3.05, 3.63) is 23.3 Å². The lowest BCUT2D eigenvalue weighted by atomic mass is 10.1. The Morgan fingerprint density at radius 1 is 1.24 bits per heavy atom. The van der Waals surface area contributed by atoms with Gasteiger partial charge in [0.2, 0.25) is 10.0 Å². The van der Waals surface area contributed by atoms with E-state index in [0.717, 1.165) is 24.2 Å². The topological polar surface area (TPSA) is 75.4 Å². The molecular formula is C15H25N3O2S. The molecule has 1 aromatic carbocycles. The van der Waals surface area contributed by atoms with E-state index in [4.69, 9.17) is 5.73 Å². The van der Waals surface area contributed by atoms with E-state index in [1.165, 1.54) is 12.8 Å². The SMILES string of the molecule is Cc1cc(N)c(S(=O)(=O)NCC(C)N2CCCC2)cc1C. The number of likely N-dealkylation sites (tertiary alicyclic amines) is 1. The van der Waals surface area contributed by atoms with Crippen molar-refractivity contribution >= 4 is 15.7 Å². The molecule has 1 aliphatic heterocycles. The molecule has 0 radical (unpaired) electrons. The van der Waals surface area contributed by atoms with E-state index in [1.54, 1.807) is 12.1 Å². The van der Waals surface area contributed by atoms with Gasteiger partial charge in [0.05, 0.1) is 5.69 Å². The minimum Gasteiger partial charge on any atom is -0.398 e. The Morgan fingerprint density at radius 3 is 2.43 bits per heavy atom. The third kappa shape index (κ3) is 3.75. The van der Waals surface area contributed by atoms with Gasteiger partial charge in [0.1, 0.15) is 4.90 Å². The summed E-state index contributed by atoms with van der Waals surface area (Å²) < 4.78 is 27.5. The molecule has 5 nitrogen and oxygen atoms in total. The van der Waals surface area contributed by atoms with Crippen LogP contribution in [0.25, 0.3) is 0 Å². The molecule has 6 heteroatoms. The maximum atomic E-state index is 12.4. The zero-order valence-electron chi connectivity index (χ0n) is 13.0. The number of nitrogens with two attached hydrogens (primary N) is 1. The number of rotatable bonds is 5. The van der Waals surface area contributed by atoms with Crippen molar-refractivity contribution in [1.82, 2.24) is 9.62 Å². The maximum absolute atomic E-state index is 12.4. The summed E-state index contributed by atoms with van der Waals surface area (Å²) in [5.74, 6) is 0. The molecule has 1 heterocycles. The van der Waals surface area contributed by atoms with Crippen molar-refractivity contribution < 1.29 is 8.42 Å². The minimum absolute atomic E-state index is 0.180. The van der Waals surface area contributed by atoms with Crippen molar-refractivity contribution in [2.24, 2.45) is 0 Å². The fourth-order valence-electron chi connectivity index (χ4n) is 2.66. The highest BCUT2D eigenvalue weighted by molar-refractivity contribution is 7.89. The summed E-state index contributed by atoms with van der Waals surface area (Å²) in [5.41, 5.74) is 8.11. The van der Waals surface area contributed by atoms with E-state index in [-0.39, 0.29) is 10.9 Å². The average molecular weight is 311 g/mol. The first-order valence-electron chi connectivity index (χ1n) is 7.41. The van der Waals surface area contributed by atoms with Crippen LogP contribution in [0.2, 0.25) is 0 Å². The molecule has 0 amide bonds. The van der Waals surface area contributed by atoms with Crippen LogP contribution in [-0.4, -0.2) is 39.0 Å². The standard InChI is InChI=1S/C15H25N3O2S/c1-11-8-14(16)15(9-12(11)2)21(19,20)17-10-13(3)18-6-4-5-7-18/h8-9,13,17H,4-7,10,16H2,1-3H3. The molecule has 1 unspecified atom stereocenters. The number of sulfonamides is 1. The van der Waals surface area contributed by atoms with Crippen molar-refractivity contribution in [2.45, 2.75) is 44.6 Å². The molecule has 0 saturated carbocycles. The van der Waals surface area contributed by atoms with Crippen LogP contribution in [0.4, 0.5) is 5.69 Å². The smallest absolute Gasteiger partial charge is 0.242 e. The van der Waals surface area contributed by atoms with Crippen molar-refractivity contribution in [3.8, 4) is 0 Å². The first-order chi connectivity index (χ1) is 9.81. The van der Waals surface area contributed by atoms with Gasteiger partial charge in [0, 0.05) is 12.6 Å². The van der Waals surface area contributed by atoms with Crippen LogP contribution in [0.3, 0.4) is 0 Å². The number of nitrogens with one attached hydrogen (secondary N) is 1. The van der Waals surface area contributed by atoms with Gasteiger partial charge >= 0.3 is 0 Å². The second kappa shape index (κ2) is 6.34. The zero-order chi connectivity index (χ0) is 15.6. The number of benzene rings is 1. The highest BCUT2D eigenvalue weighted by atomic mass is 32.2. The van der Waals surface area contributed by atoms with Gasteiger partial charge in [-0.05, 0) is 70.0 Å². The van der Waals surface area contributed by atoms with Crippen LogP contribution < -0.4 is 10.5 Å². The Morgan fingerprint density at radius 2 is 1.81 bits per heavy atom. The van der Waals surface area contributed by atoms with Crippen LogP contribution in [0.15, 0.2) is 17.0 Å². The van der Waals surface area contributed by atoms with Gasteiger partial charge in [-0.15, -0.1) is 0 Å². The van der Waals surface area contributed by atoms with Crippen molar-refractivity contribution in [3.63, 3.8) is 0 Å². The number of hydrogen-bond acceptors (Lipinski definition) is 4. The number of nitrogens with zero attached hydrogens (tertiary/aromatic N) is 1. The highest BCUT2D eigenvalue weighted by Crippen LogP contribution is 2.22. The summed E-state index contributed by atoms with van der Waals surface area (Å²) in [6, 6.07) is 3.57. The van der Waals surface area contributed by atoms with Crippen molar-refractivity contribution in [2.75, 3.05) is 25.4 Å². The molecule has 0 aromatic heterocycles. The zero-order valence-corrected chi connectivity index (χ0v) is 13.8. The number of anilines is 1. The maximum Gasteiger partial charge on any atom is 0.242 e. The molecule has 0 spiro atoms. The lowest BCUT2D eigenvalue weighted by Crippen LogP contribution is -2.40. The molecule has 1 fully saturated rings. The number of hydrogen-bond donors (Lipinski definition) is 2. The molecule has 1 aliphatic rings. The predicted octanol–water partition coefficient (Wildman–Crippen LogP) is 1.65. The van der Waals surface area contributed by atoms with E-state index >= 15 is 0 Å². The molecule has 1 atom stereocenters. The number of nitrogen functional groups attached to an aromatic ring is 1. The van der Waals surface area contributed by atoms with E-state index in [2.05, 4.69) is 16.5 Å². The largest absolute Gasteiger partial charge is 0.398 e. The molecule has 118 valence electrons. The van der Waals surface area contributed by atoms with E-state index in [1.807, 2.05) is 13.8 Å². The lowest BCUT2D eigenvalue weighted by molar-refractivity contribution is 0.260. The van der Waals surface area contributed by atoms with E-state index < -0.39 is 10.0 Å². The second-order valence-electron chi connectivity index (χ2n) is 5.92. The van der Waals surface area contributed by atoms with Crippen LogP contribution >= 0.6 is 0 Å². The van der Waals surface area contributed by atoms with Gasteiger partial charge in [-0.25, -0.2) is 13.1 Å². The predicted molar refractivity (Wildman–Crippen MR) is 85.8 cm³/mol. The summed E-state index contributed by atoms with van der Waals surface area (Å²) in [6.07, 6.45) is 2.39. The van der Waals surface area contributed by atoms with Crippen molar-refractivity contribution in [1.29, 1.82) is 0 Å². The van der Waals surface area contributed by atoms with Crippen LogP contribution in [0, 0.1) is 13.8 Å². The minimum atomic E-state index is -3.56. The fraction of sp³-hybridized carbons (Fsp3) is 0.600. The molecular weight excluding hydrogens is 286 g/mol. The summed E-state index contributed by atoms with van der Waals surface area (Å²) in [4.78, 5) is 2.49. The van der Waals surface area contributed by atoms with Crippen LogP contribution in [0.5, 0.6) is 0 Å². The molecule has 1 aromatic rings. The third-order valence-electron chi connectivity index (χ3n) is 4.25. The summed E-state index contributed by atoms with van der Waals surface area (Å²) >= 11 is 0. The van der Waals surface area contributed by atoms with Gasteiger partial charge < -0.3 is 5.73 Å². The molecule has 1 saturated heterocycles. The van der Waals surface area contributed by atoms with Gasteiger partial charge in [0.15, 0.2) is 0 Å². The highest BCUT2D eigenvalue weighted by Gasteiger charge is 2.22. The lowest BCUT2D eigenvalue weighted by Gasteiger charge is -2.24. The Bertz CT molecular complexity index is 608. The number of aryl methyl sites for hydroxylation is 2. The van der Waals surface area contributed by atoms with Gasteiger partial charge in [-0.1, -0.05) is 0 Å². The average Bonchev–Trinajstić information content (AvgIpc) is 2.94. The second-order valence-corrected chi connectivity index (χ2v) is 7.65. The Hall–Kier alpha value is -1.11. The first kappa shape index (κ1) is 16.3. The third-order valence-corrected chi connectivity index (χ3v) is 5.73. The first-order valence-corrected chi connectivity index (χ1v) is 8.90. The van der Waals surface area contributed by atoms with Gasteiger partial charge in [0.25, 0.3) is 0 Å². The Labute approximate surface area is 127 Å². The molecule has 3 N–H and O–H groups in total. The monoisotopic (exact) mass is 311 g/mol. The Kier molecular flexibility index (Phi) is 4.91. The molecule has 0 bridgehead atoms. The van der Waals surface area contributed by atoms with E-state index in [0.29, 0.717) is 12.2 Å². The molecule has 21 heavy (non-hydrogen) atoms. The fourth-order valence-corrected chi connectivity index (χ4v) is 3.98. The quantitative estimate of drug-likeness (QED) is 0.811. The summed E-state index contributed by atoms with van der Waals surface area (Å²) in [7, 11) is -3.56. The summed E-state index contributed by atoms with van der Waals surface area (Å²) in [5, 5.41) is 0. The van der Waals surface area contributed by atoms with Gasteiger partial charge in [-0.3, -0.25) is 4.90 Å². The molecule has 0 aliphatic carbocycles. The normalized spacial score (nSPS) is 18.0. The van der Waals surface area contributed by atoms with Crippen LogP contribution in [-0.2, 0) is 10.0 Å². The summed E-state index contributed by atoms with van der Waals surface area (Å²) in [6.45, 7) is 8.38. The Balaban J connectivity index is 2.09. The van der Waals surface area contributed by atoms with E-state index in [9.17, 15) is 8.42 Å². The van der Waals surface area contributed by atoms with Gasteiger partial charge in [-0.2, -0.15) is 0 Å². The molecule has 2 rings (SSSR count). The van der Waals surface area contributed by atoms with Crippen LogP contribution in [0.1, 0.15) is 30.9 Å².